The van der Waals surface area contributed by atoms with Crippen molar-refractivity contribution in [2.45, 2.75) is 19.1 Å². The van der Waals surface area contributed by atoms with Crippen LogP contribution < -0.4 is 11.3 Å². The van der Waals surface area contributed by atoms with Crippen LogP contribution in [0, 0.1) is 6.92 Å². The van der Waals surface area contributed by atoms with Crippen LogP contribution in [-0.2, 0) is 0 Å². The Morgan fingerprint density at radius 2 is 2.06 bits per heavy atom. The second-order valence-corrected chi connectivity index (χ2v) is 4.37. The molecule has 0 radical (unpaired) electrons. The van der Waals surface area contributed by atoms with Crippen molar-refractivity contribution in [2.75, 3.05) is 18.5 Å². The number of amides is 1. The van der Waals surface area contributed by atoms with Crippen molar-refractivity contribution in [3.8, 4) is 0 Å². The van der Waals surface area contributed by atoms with Crippen molar-refractivity contribution in [2.24, 2.45) is 5.84 Å². The number of aliphatic hydroxyl groups excluding tert-OH is 2. The monoisotopic (exact) mass is 252 g/mol. The summed E-state index contributed by atoms with van der Waals surface area (Å²) in [6.07, 6.45) is -1.77. The summed E-state index contributed by atoms with van der Waals surface area (Å²) in [7, 11) is 0. The maximum Gasteiger partial charge on any atom is 0.254 e. The normalized spacial score (nSPS) is 23.2. The second-order valence-electron chi connectivity index (χ2n) is 4.37. The molecule has 1 fully saturated rings. The average molecular weight is 252 g/mol. The first-order valence-electron chi connectivity index (χ1n) is 5.62. The number of carbonyl (C=O) groups excluding carboxylic acids is 1. The second kappa shape index (κ2) is 4.89. The van der Waals surface area contributed by atoms with E-state index < -0.39 is 12.2 Å². The fourth-order valence-corrected chi connectivity index (χ4v) is 1.98. The molecular formula is C11H16N4O3. The fraction of sp³-hybridized carbons (Fsp3) is 0.455. The number of aryl methyl sites for hydroxylation is 1. The van der Waals surface area contributed by atoms with Crippen LogP contribution in [-0.4, -0.2) is 51.3 Å². The molecule has 1 aliphatic rings. The molecule has 2 unspecified atom stereocenters. The van der Waals surface area contributed by atoms with E-state index >= 15 is 0 Å². The number of likely N-dealkylation sites (tertiary alicyclic amines) is 1. The minimum atomic E-state index is -0.885. The summed E-state index contributed by atoms with van der Waals surface area (Å²) < 4.78 is 0. The fourth-order valence-electron chi connectivity index (χ4n) is 1.98. The van der Waals surface area contributed by atoms with Gasteiger partial charge in [-0.3, -0.25) is 4.79 Å². The molecule has 1 aromatic heterocycles. The van der Waals surface area contributed by atoms with E-state index in [0.29, 0.717) is 17.1 Å². The molecule has 0 spiro atoms. The van der Waals surface area contributed by atoms with Gasteiger partial charge in [-0.25, -0.2) is 10.8 Å². The number of carbonyl (C=O) groups is 1. The zero-order chi connectivity index (χ0) is 13.3. The van der Waals surface area contributed by atoms with Gasteiger partial charge in [0.25, 0.3) is 5.91 Å². The lowest BCUT2D eigenvalue weighted by Crippen LogP contribution is -2.30. The lowest BCUT2D eigenvalue weighted by Gasteiger charge is -2.16. The molecule has 2 atom stereocenters. The largest absolute Gasteiger partial charge is 0.388 e. The van der Waals surface area contributed by atoms with E-state index in [4.69, 9.17) is 5.84 Å². The van der Waals surface area contributed by atoms with Crippen molar-refractivity contribution in [3.63, 3.8) is 0 Å². The van der Waals surface area contributed by atoms with Gasteiger partial charge in [0.1, 0.15) is 5.82 Å². The third kappa shape index (κ3) is 2.42. The van der Waals surface area contributed by atoms with Gasteiger partial charge in [0.05, 0.1) is 12.2 Å². The Hall–Kier alpha value is -1.70. The van der Waals surface area contributed by atoms with Gasteiger partial charge in [-0.2, -0.15) is 0 Å². The van der Waals surface area contributed by atoms with E-state index in [-0.39, 0.29) is 19.0 Å². The van der Waals surface area contributed by atoms with Gasteiger partial charge in [-0.05, 0) is 19.1 Å². The van der Waals surface area contributed by atoms with Crippen LogP contribution in [0.4, 0.5) is 5.82 Å². The summed E-state index contributed by atoms with van der Waals surface area (Å²) in [5.41, 5.74) is 3.48. The maximum absolute atomic E-state index is 12.2. The van der Waals surface area contributed by atoms with E-state index in [9.17, 15) is 15.0 Å². The molecule has 18 heavy (non-hydrogen) atoms. The number of nitrogens with two attached hydrogens (primary N) is 1. The number of rotatable bonds is 2. The summed E-state index contributed by atoms with van der Waals surface area (Å²) in [4.78, 5) is 17.7. The Kier molecular flexibility index (Phi) is 3.46. The van der Waals surface area contributed by atoms with Crippen LogP contribution in [0.5, 0.6) is 0 Å². The summed E-state index contributed by atoms with van der Waals surface area (Å²) in [5, 5.41) is 18.9. The average Bonchev–Trinajstić information content (AvgIpc) is 2.68. The Labute approximate surface area is 104 Å². The van der Waals surface area contributed by atoms with Crippen molar-refractivity contribution >= 4 is 11.7 Å². The van der Waals surface area contributed by atoms with Crippen molar-refractivity contribution < 1.29 is 15.0 Å². The number of pyridine rings is 1. The molecule has 7 nitrogen and oxygen atoms in total. The Morgan fingerprint density at radius 1 is 1.44 bits per heavy atom. The molecule has 1 amide bonds. The first-order valence-corrected chi connectivity index (χ1v) is 5.62. The number of anilines is 1. The van der Waals surface area contributed by atoms with Crippen LogP contribution in [0.2, 0.25) is 0 Å². The van der Waals surface area contributed by atoms with E-state index in [2.05, 4.69) is 10.4 Å². The van der Waals surface area contributed by atoms with Crippen LogP contribution in [0.25, 0.3) is 0 Å². The predicted molar refractivity (Wildman–Crippen MR) is 64.7 cm³/mol. The standard InChI is InChI=1S/C11H16N4O3/c1-6-2-7(3-10(13-6)14-12)11(18)15-4-8(16)9(17)5-15/h2-3,8-9,16-17H,4-5,12H2,1H3,(H,13,14). The highest BCUT2D eigenvalue weighted by molar-refractivity contribution is 5.95. The number of nitrogen functional groups attached to an aromatic ring is 1. The number of nitrogens with zero attached hydrogens (tertiary/aromatic N) is 2. The van der Waals surface area contributed by atoms with Gasteiger partial charge >= 0.3 is 0 Å². The van der Waals surface area contributed by atoms with Crippen molar-refractivity contribution in [1.82, 2.24) is 9.88 Å². The van der Waals surface area contributed by atoms with E-state index in [1.807, 2.05) is 0 Å². The van der Waals surface area contributed by atoms with Crippen LogP contribution in [0.15, 0.2) is 12.1 Å². The topological polar surface area (TPSA) is 112 Å². The predicted octanol–water partition coefficient (Wildman–Crippen LogP) is -1.15. The third-order valence-electron chi connectivity index (χ3n) is 2.89. The number of nitrogens with one attached hydrogen (secondary N) is 1. The third-order valence-corrected chi connectivity index (χ3v) is 2.89. The lowest BCUT2D eigenvalue weighted by molar-refractivity contribution is 0.0572. The summed E-state index contributed by atoms with van der Waals surface area (Å²) in [6.45, 7) is 2.02. The van der Waals surface area contributed by atoms with Crippen LogP contribution in [0.3, 0.4) is 0 Å². The number of β-amino-alcohol motifs (C(OH)–C–C–N with tert-alkyl or cyclic N) is 2. The molecular weight excluding hydrogens is 236 g/mol. The molecule has 0 bridgehead atoms. The Bertz CT molecular complexity index is 456. The van der Waals surface area contributed by atoms with Gasteiger partial charge in [0.15, 0.2) is 0 Å². The number of aliphatic hydroxyl groups is 2. The Balaban J connectivity index is 2.21. The highest BCUT2D eigenvalue weighted by Gasteiger charge is 2.33. The first kappa shape index (κ1) is 12.7. The highest BCUT2D eigenvalue weighted by atomic mass is 16.3. The molecule has 1 saturated heterocycles. The van der Waals surface area contributed by atoms with Gasteiger partial charge < -0.3 is 20.5 Å². The molecule has 5 N–H and O–H groups in total. The quantitative estimate of drug-likeness (QED) is 0.391. The summed E-state index contributed by atoms with van der Waals surface area (Å²) in [5.74, 6) is 5.41. The molecule has 2 heterocycles. The molecule has 0 aromatic carbocycles. The minimum absolute atomic E-state index is 0.132. The van der Waals surface area contributed by atoms with Crippen molar-refractivity contribution in [1.29, 1.82) is 0 Å². The minimum Gasteiger partial charge on any atom is -0.388 e. The number of aromatic nitrogens is 1. The first-order chi connectivity index (χ1) is 8.51. The molecule has 2 rings (SSSR count). The zero-order valence-electron chi connectivity index (χ0n) is 10.00. The lowest BCUT2D eigenvalue weighted by atomic mass is 10.2. The Morgan fingerprint density at radius 3 is 2.61 bits per heavy atom. The summed E-state index contributed by atoms with van der Waals surface area (Å²) >= 11 is 0. The van der Waals surface area contributed by atoms with E-state index in [1.54, 1.807) is 13.0 Å². The molecule has 98 valence electrons. The number of hydrazine groups is 1. The van der Waals surface area contributed by atoms with E-state index in [0.717, 1.165) is 0 Å². The maximum atomic E-state index is 12.2. The molecule has 1 aromatic rings. The van der Waals surface area contributed by atoms with Gasteiger partial charge in [0, 0.05) is 24.3 Å². The smallest absolute Gasteiger partial charge is 0.254 e. The molecule has 1 aliphatic heterocycles. The number of hydrogen-bond acceptors (Lipinski definition) is 6. The molecule has 0 saturated carbocycles. The van der Waals surface area contributed by atoms with Gasteiger partial charge in [-0.15, -0.1) is 0 Å². The SMILES string of the molecule is Cc1cc(C(=O)N2CC(O)C(O)C2)cc(NN)n1. The van der Waals surface area contributed by atoms with Crippen LogP contribution in [0.1, 0.15) is 16.1 Å². The highest BCUT2D eigenvalue weighted by Crippen LogP contribution is 2.16. The summed E-state index contributed by atoms with van der Waals surface area (Å²) in [6, 6.07) is 3.17. The van der Waals surface area contributed by atoms with Gasteiger partial charge in [0.2, 0.25) is 0 Å². The van der Waals surface area contributed by atoms with Crippen molar-refractivity contribution in [3.05, 3.63) is 23.4 Å². The number of hydrogen-bond donors (Lipinski definition) is 4. The molecule has 0 aliphatic carbocycles. The molecule has 7 heteroatoms. The van der Waals surface area contributed by atoms with Gasteiger partial charge in [-0.1, -0.05) is 0 Å². The van der Waals surface area contributed by atoms with Crippen LogP contribution >= 0.6 is 0 Å². The zero-order valence-corrected chi connectivity index (χ0v) is 10.00. The van der Waals surface area contributed by atoms with E-state index in [1.165, 1.54) is 11.0 Å².